The van der Waals surface area contributed by atoms with Gasteiger partial charge < -0.3 is 15.8 Å². The highest BCUT2D eigenvalue weighted by molar-refractivity contribution is 6.22. The minimum atomic E-state index is -0.491. The molecule has 0 radical (unpaired) electrons. The number of anilines is 1. The molecule has 7 nitrogen and oxygen atoms in total. The maximum atomic E-state index is 12.1. The lowest BCUT2D eigenvalue weighted by atomic mass is 10.1. The van der Waals surface area contributed by atoms with Gasteiger partial charge in [-0.3, -0.25) is 19.3 Å². The van der Waals surface area contributed by atoms with Gasteiger partial charge in [-0.1, -0.05) is 0 Å². The number of nitrogens with two attached hydrogens (primary N) is 1. The number of nitrogen functional groups attached to an aromatic ring is 1. The van der Waals surface area contributed by atoms with Crippen molar-refractivity contribution in [3.05, 3.63) is 29.3 Å². The van der Waals surface area contributed by atoms with E-state index in [-0.39, 0.29) is 23.6 Å². The highest BCUT2D eigenvalue weighted by atomic mass is 16.5. The number of carbonyl (C=O) groups is 3. The Morgan fingerprint density at radius 3 is 2.71 bits per heavy atom. The fraction of sp³-hybridized carbons (Fsp3) is 0.357. The summed E-state index contributed by atoms with van der Waals surface area (Å²) in [7, 11) is 1.58. The van der Waals surface area contributed by atoms with Gasteiger partial charge in [-0.2, -0.15) is 0 Å². The lowest BCUT2D eigenvalue weighted by Crippen LogP contribution is -2.40. The average Bonchev–Trinajstić information content (AvgIpc) is 2.68. The highest BCUT2D eigenvalue weighted by Gasteiger charge is 2.36. The first-order valence-corrected chi connectivity index (χ1v) is 6.56. The second-order valence-electron chi connectivity index (χ2n) is 4.70. The zero-order chi connectivity index (χ0) is 15.4. The molecule has 0 saturated heterocycles. The third-order valence-electron chi connectivity index (χ3n) is 3.14. The Labute approximate surface area is 122 Å². The van der Waals surface area contributed by atoms with E-state index in [1.807, 2.05) is 0 Å². The molecule has 112 valence electrons. The standard InChI is InChI=1S/C14H17N3O4/c1-21-6-2-5-16-12(18)8-17-13(19)10-4-3-9(15)7-11(10)14(17)20/h3-4,7H,2,5-6,8,15H2,1H3,(H,16,18). The van der Waals surface area contributed by atoms with Crippen molar-refractivity contribution < 1.29 is 19.1 Å². The first-order chi connectivity index (χ1) is 10.0. The number of nitrogens with one attached hydrogen (secondary N) is 1. The minimum Gasteiger partial charge on any atom is -0.399 e. The fourth-order valence-electron chi connectivity index (χ4n) is 2.10. The molecule has 1 aromatic carbocycles. The fourth-order valence-corrected chi connectivity index (χ4v) is 2.10. The van der Waals surface area contributed by atoms with Crippen molar-refractivity contribution in [1.29, 1.82) is 0 Å². The Bertz CT molecular complexity index is 586. The van der Waals surface area contributed by atoms with Crippen LogP contribution in [-0.4, -0.2) is 49.4 Å². The normalized spacial score (nSPS) is 13.5. The first-order valence-electron chi connectivity index (χ1n) is 6.56. The smallest absolute Gasteiger partial charge is 0.262 e. The second-order valence-corrected chi connectivity index (χ2v) is 4.70. The SMILES string of the molecule is COCCCNC(=O)CN1C(=O)c2ccc(N)cc2C1=O. The van der Waals surface area contributed by atoms with E-state index in [4.69, 9.17) is 10.5 Å². The van der Waals surface area contributed by atoms with E-state index < -0.39 is 11.8 Å². The molecular weight excluding hydrogens is 274 g/mol. The Kier molecular flexibility index (Phi) is 4.54. The minimum absolute atomic E-state index is 0.243. The van der Waals surface area contributed by atoms with Crippen LogP contribution in [0.25, 0.3) is 0 Å². The molecule has 2 rings (SSSR count). The third-order valence-corrected chi connectivity index (χ3v) is 3.14. The lowest BCUT2D eigenvalue weighted by Gasteiger charge is -2.13. The molecule has 0 fully saturated rings. The molecule has 0 atom stereocenters. The summed E-state index contributed by atoms with van der Waals surface area (Å²) >= 11 is 0. The van der Waals surface area contributed by atoms with Crippen molar-refractivity contribution in [2.24, 2.45) is 0 Å². The van der Waals surface area contributed by atoms with Crippen LogP contribution in [0.3, 0.4) is 0 Å². The van der Waals surface area contributed by atoms with Crippen LogP contribution in [0.5, 0.6) is 0 Å². The number of hydrogen-bond acceptors (Lipinski definition) is 5. The predicted molar refractivity (Wildman–Crippen MR) is 75.7 cm³/mol. The number of ether oxygens (including phenoxy) is 1. The number of methoxy groups -OCH3 is 1. The molecule has 3 amide bonds. The van der Waals surface area contributed by atoms with Crippen LogP contribution in [0.1, 0.15) is 27.1 Å². The summed E-state index contributed by atoms with van der Waals surface area (Å²) in [5.41, 5.74) is 6.53. The van der Waals surface area contributed by atoms with Gasteiger partial charge in [0.05, 0.1) is 11.1 Å². The van der Waals surface area contributed by atoms with Crippen LogP contribution in [0, 0.1) is 0 Å². The van der Waals surface area contributed by atoms with Gasteiger partial charge in [0.1, 0.15) is 6.54 Å². The number of hydrogen-bond donors (Lipinski definition) is 2. The number of carbonyl (C=O) groups excluding carboxylic acids is 3. The lowest BCUT2D eigenvalue weighted by molar-refractivity contribution is -0.121. The first kappa shape index (κ1) is 15.0. The van der Waals surface area contributed by atoms with Crippen molar-refractivity contribution in [1.82, 2.24) is 10.2 Å². The van der Waals surface area contributed by atoms with Crippen molar-refractivity contribution in [2.75, 3.05) is 32.5 Å². The zero-order valence-electron chi connectivity index (χ0n) is 11.7. The van der Waals surface area contributed by atoms with Crippen molar-refractivity contribution in [2.45, 2.75) is 6.42 Å². The van der Waals surface area contributed by atoms with Gasteiger partial charge in [-0.15, -0.1) is 0 Å². The predicted octanol–water partition coefficient (Wildman–Crippen LogP) is 0.0175. The van der Waals surface area contributed by atoms with Crippen molar-refractivity contribution in [3.63, 3.8) is 0 Å². The maximum Gasteiger partial charge on any atom is 0.262 e. The van der Waals surface area contributed by atoms with E-state index in [0.717, 1.165) is 4.90 Å². The Balaban J connectivity index is 1.98. The van der Waals surface area contributed by atoms with Gasteiger partial charge in [0, 0.05) is 25.9 Å². The molecular formula is C14H17N3O4. The van der Waals surface area contributed by atoms with Crippen LogP contribution in [0.2, 0.25) is 0 Å². The molecule has 3 N–H and O–H groups in total. The average molecular weight is 291 g/mol. The van der Waals surface area contributed by atoms with E-state index in [2.05, 4.69) is 5.32 Å². The molecule has 1 aromatic rings. The summed E-state index contributed by atoms with van der Waals surface area (Å²) in [5.74, 6) is -1.34. The molecule has 0 saturated carbocycles. The Hall–Kier alpha value is -2.41. The van der Waals surface area contributed by atoms with Gasteiger partial charge in [0.2, 0.25) is 5.91 Å². The van der Waals surface area contributed by atoms with Crippen LogP contribution in [0.4, 0.5) is 5.69 Å². The number of benzene rings is 1. The Morgan fingerprint density at radius 1 is 1.29 bits per heavy atom. The molecule has 1 heterocycles. The maximum absolute atomic E-state index is 12.1. The van der Waals surface area contributed by atoms with Crippen LogP contribution in [-0.2, 0) is 9.53 Å². The van der Waals surface area contributed by atoms with E-state index in [9.17, 15) is 14.4 Å². The largest absolute Gasteiger partial charge is 0.399 e. The summed E-state index contributed by atoms with van der Waals surface area (Å²) in [6.45, 7) is 0.675. The quantitative estimate of drug-likeness (QED) is 0.437. The van der Waals surface area contributed by atoms with Crippen molar-refractivity contribution >= 4 is 23.4 Å². The summed E-state index contributed by atoms with van der Waals surface area (Å²) in [4.78, 5) is 36.9. The molecule has 1 aliphatic rings. The van der Waals surface area contributed by atoms with Crippen LogP contribution >= 0.6 is 0 Å². The summed E-state index contributed by atoms with van der Waals surface area (Å²) in [5, 5.41) is 2.63. The second kappa shape index (κ2) is 6.36. The highest BCUT2D eigenvalue weighted by Crippen LogP contribution is 2.24. The molecule has 1 aliphatic heterocycles. The van der Waals surface area contributed by atoms with Crippen molar-refractivity contribution in [3.8, 4) is 0 Å². The van der Waals surface area contributed by atoms with E-state index in [0.29, 0.717) is 25.3 Å². The number of imide groups is 1. The number of amides is 3. The van der Waals surface area contributed by atoms with E-state index in [1.165, 1.54) is 12.1 Å². The van der Waals surface area contributed by atoms with Gasteiger partial charge in [0.25, 0.3) is 11.8 Å². The molecule has 0 unspecified atom stereocenters. The number of rotatable bonds is 6. The summed E-state index contributed by atoms with van der Waals surface area (Å²) in [6, 6.07) is 4.51. The molecule has 0 bridgehead atoms. The van der Waals surface area contributed by atoms with E-state index >= 15 is 0 Å². The van der Waals surface area contributed by atoms with Gasteiger partial charge >= 0.3 is 0 Å². The van der Waals surface area contributed by atoms with Gasteiger partial charge in [0.15, 0.2) is 0 Å². The van der Waals surface area contributed by atoms with Gasteiger partial charge in [-0.05, 0) is 24.6 Å². The van der Waals surface area contributed by atoms with Gasteiger partial charge in [-0.25, -0.2) is 0 Å². The van der Waals surface area contributed by atoms with Crippen LogP contribution < -0.4 is 11.1 Å². The zero-order valence-corrected chi connectivity index (χ0v) is 11.7. The summed E-state index contributed by atoms with van der Waals surface area (Å²) < 4.78 is 4.86. The summed E-state index contributed by atoms with van der Waals surface area (Å²) in [6.07, 6.45) is 0.668. The molecule has 21 heavy (non-hydrogen) atoms. The van der Waals surface area contributed by atoms with Crippen LogP contribution in [0.15, 0.2) is 18.2 Å². The molecule has 0 spiro atoms. The third kappa shape index (κ3) is 3.19. The number of nitrogens with zero attached hydrogens (tertiary/aromatic N) is 1. The molecule has 0 aromatic heterocycles. The monoisotopic (exact) mass is 291 g/mol. The number of fused-ring (bicyclic) bond motifs is 1. The molecule has 7 heteroatoms. The molecule has 0 aliphatic carbocycles. The topological polar surface area (TPSA) is 102 Å². The van der Waals surface area contributed by atoms with E-state index in [1.54, 1.807) is 13.2 Å². The Morgan fingerprint density at radius 2 is 2.00 bits per heavy atom.